The lowest BCUT2D eigenvalue weighted by Gasteiger charge is -2.36. The molecule has 3 aromatic carbocycles. The lowest BCUT2D eigenvalue weighted by atomic mass is 10.1. The highest BCUT2D eigenvalue weighted by Gasteiger charge is 2.22. The number of hydrogen-bond acceptors (Lipinski definition) is 3. The van der Waals surface area contributed by atoms with E-state index in [0.717, 1.165) is 38.3 Å². The number of ether oxygens (including phenoxy) is 1. The average molecular weight is 386 g/mol. The first-order chi connectivity index (χ1) is 14.3. The molecule has 1 heterocycles. The zero-order chi connectivity index (χ0) is 19.9. The Balaban J connectivity index is 1.27. The number of anilines is 1. The minimum atomic E-state index is 0.0912. The molecule has 148 valence electrons. The van der Waals surface area contributed by atoms with Crippen LogP contribution >= 0.6 is 0 Å². The van der Waals surface area contributed by atoms with Gasteiger partial charge in [0.1, 0.15) is 5.75 Å². The molecule has 1 fully saturated rings. The van der Waals surface area contributed by atoms with E-state index in [1.54, 1.807) is 0 Å². The van der Waals surface area contributed by atoms with Crippen molar-refractivity contribution in [1.82, 2.24) is 4.90 Å². The molecular formula is C25H26N2O2. The lowest BCUT2D eigenvalue weighted by molar-refractivity contribution is 0.0746. The van der Waals surface area contributed by atoms with Crippen molar-refractivity contribution in [2.45, 2.75) is 6.42 Å². The van der Waals surface area contributed by atoms with Crippen LogP contribution in [0, 0.1) is 0 Å². The van der Waals surface area contributed by atoms with Gasteiger partial charge in [0.05, 0.1) is 6.61 Å². The van der Waals surface area contributed by atoms with E-state index in [9.17, 15) is 4.79 Å². The summed E-state index contributed by atoms with van der Waals surface area (Å²) in [4.78, 5) is 17.1. The summed E-state index contributed by atoms with van der Waals surface area (Å²) < 4.78 is 5.82. The molecule has 0 saturated carbocycles. The average Bonchev–Trinajstić information content (AvgIpc) is 2.80. The van der Waals surface area contributed by atoms with Gasteiger partial charge in [0, 0.05) is 43.9 Å². The van der Waals surface area contributed by atoms with Gasteiger partial charge in [0.15, 0.2) is 0 Å². The van der Waals surface area contributed by atoms with Gasteiger partial charge in [-0.15, -0.1) is 0 Å². The van der Waals surface area contributed by atoms with Gasteiger partial charge >= 0.3 is 0 Å². The van der Waals surface area contributed by atoms with Crippen LogP contribution in [-0.2, 0) is 6.42 Å². The molecule has 4 heteroatoms. The molecule has 0 unspecified atom stereocenters. The fourth-order valence-corrected chi connectivity index (χ4v) is 3.61. The minimum Gasteiger partial charge on any atom is -0.493 e. The van der Waals surface area contributed by atoms with Crippen LogP contribution in [0.25, 0.3) is 0 Å². The van der Waals surface area contributed by atoms with Crippen molar-refractivity contribution in [1.29, 1.82) is 0 Å². The molecule has 1 saturated heterocycles. The number of carbonyl (C=O) groups is 1. The lowest BCUT2D eigenvalue weighted by Crippen LogP contribution is -2.48. The number of piperazine rings is 1. The van der Waals surface area contributed by atoms with Gasteiger partial charge in [-0.2, -0.15) is 0 Å². The molecule has 1 aliphatic heterocycles. The van der Waals surface area contributed by atoms with Crippen LogP contribution in [-0.4, -0.2) is 43.6 Å². The van der Waals surface area contributed by atoms with E-state index < -0.39 is 0 Å². The van der Waals surface area contributed by atoms with Crippen LogP contribution in [0.1, 0.15) is 15.9 Å². The van der Waals surface area contributed by atoms with Crippen molar-refractivity contribution >= 4 is 11.6 Å². The van der Waals surface area contributed by atoms with E-state index in [0.29, 0.717) is 12.2 Å². The second-order valence-corrected chi connectivity index (χ2v) is 7.22. The molecule has 0 aliphatic carbocycles. The first-order valence-corrected chi connectivity index (χ1v) is 10.2. The van der Waals surface area contributed by atoms with Crippen molar-refractivity contribution in [2.24, 2.45) is 0 Å². The van der Waals surface area contributed by atoms with Crippen LogP contribution < -0.4 is 9.64 Å². The van der Waals surface area contributed by atoms with Crippen molar-refractivity contribution in [3.63, 3.8) is 0 Å². The largest absolute Gasteiger partial charge is 0.493 e. The number of benzene rings is 3. The number of nitrogens with zero attached hydrogens (tertiary/aromatic N) is 2. The van der Waals surface area contributed by atoms with Gasteiger partial charge in [0.2, 0.25) is 0 Å². The van der Waals surface area contributed by atoms with Gasteiger partial charge in [-0.25, -0.2) is 0 Å². The first-order valence-electron chi connectivity index (χ1n) is 10.2. The van der Waals surface area contributed by atoms with E-state index in [-0.39, 0.29) is 5.91 Å². The van der Waals surface area contributed by atoms with Gasteiger partial charge in [-0.3, -0.25) is 4.79 Å². The van der Waals surface area contributed by atoms with Gasteiger partial charge in [-0.05, 0) is 42.0 Å². The quantitative estimate of drug-likeness (QED) is 0.634. The summed E-state index contributed by atoms with van der Waals surface area (Å²) in [6.07, 6.45) is 0.868. The zero-order valence-electron chi connectivity index (χ0n) is 16.5. The number of para-hydroxylation sites is 1. The highest BCUT2D eigenvalue weighted by molar-refractivity contribution is 5.94. The van der Waals surface area contributed by atoms with Crippen LogP contribution in [0.5, 0.6) is 5.75 Å². The van der Waals surface area contributed by atoms with Crippen molar-refractivity contribution < 1.29 is 9.53 Å². The van der Waals surface area contributed by atoms with Gasteiger partial charge in [0.25, 0.3) is 5.91 Å². The molecule has 0 atom stereocenters. The highest BCUT2D eigenvalue weighted by Crippen LogP contribution is 2.18. The summed E-state index contributed by atoms with van der Waals surface area (Å²) in [6, 6.07) is 28.2. The molecule has 0 N–H and O–H groups in total. The van der Waals surface area contributed by atoms with E-state index >= 15 is 0 Å². The van der Waals surface area contributed by atoms with Crippen LogP contribution in [0.15, 0.2) is 84.9 Å². The van der Waals surface area contributed by atoms with E-state index in [1.807, 2.05) is 53.4 Å². The normalized spacial score (nSPS) is 13.9. The molecule has 3 aromatic rings. The summed E-state index contributed by atoms with van der Waals surface area (Å²) in [5.74, 6) is 0.889. The SMILES string of the molecule is O=C(c1ccc(OCCc2ccccc2)cc1)N1CCN(c2ccccc2)CC1. The molecule has 1 aliphatic rings. The number of rotatable bonds is 6. The van der Waals surface area contributed by atoms with Crippen LogP contribution in [0.4, 0.5) is 5.69 Å². The second-order valence-electron chi connectivity index (χ2n) is 7.22. The van der Waals surface area contributed by atoms with Crippen molar-refractivity contribution in [3.05, 3.63) is 96.1 Å². The number of amides is 1. The van der Waals surface area contributed by atoms with Gasteiger partial charge < -0.3 is 14.5 Å². The first kappa shape index (κ1) is 19.1. The highest BCUT2D eigenvalue weighted by atomic mass is 16.5. The Kier molecular flexibility index (Phi) is 6.10. The Morgan fingerprint density at radius 3 is 2.03 bits per heavy atom. The predicted octanol–water partition coefficient (Wildman–Crippen LogP) is 4.27. The van der Waals surface area contributed by atoms with E-state index in [1.165, 1.54) is 11.3 Å². The Morgan fingerprint density at radius 2 is 1.38 bits per heavy atom. The summed E-state index contributed by atoms with van der Waals surface area (Å²) in [7, 11) is 0. The van der Waals surface area contributed by atoms with E-state index in [4.69, 9.17) is 4.74 Å². The third kappa shape index (κ3) is 4.96. The molecule has 0 bridgehead atoms. The second kappa shape index (κ2) is 9.28. The minimum absolute atomic E-state index is 0.0912. The summed E-state index contributed by atoms with van der Waals surface area (Å²) in [6.45, 7) is 3.82. The zero-order valence-corrected chi connectivity index (χ0v) is 16.5. The standard InChI is InChI=1S/C25H26N2O2/c28-25(27-18-16-26(17-19-27)23-9-5-2-6-10-23)22-11-13-24(14-12-22)29-20-15-21-7-3-1-4-8-21/h1-14H,15-20H2. The maximum atomic E-state index is 12.8. The Labute approximate surface area is 172 Å². The molecule has 0 aromatic heterocycles. The Bertz CT molecular complexity index is 903. The molecular weight excluding hydrogens is 360 g/mol. The maximum Gasteiger partial charge on any atom is 0.253 e. The molecule has 29 heavy (non-hydrogen) atoms. The third-order valence-corrected chi connectivity index (χ3v) is 5.29. The maximum absolute atomic E-state index is 12.8. The number of hydrogen-bond donors (Lipinski definition) is 0. The molecule has 4 nitrogen and oxygen atoms in total. The summed E-state index contributed by atoms with van der Waals surface area (Å²) in [5, 5.41) is 0. The monoisotopic (exact) mass is 386 g/mol. The van der Waals surface area contributed by atoms with E-state index in [2.05, 4.69) is 41.3 Å². The fourth-order valence-electron chi connectivity index (χ4n) is 3.61. The summed E-state index contributed by atoms with van der Waals surface area (Å²) in [5.41, 5.74) is 3.19. The summed E-state index contributed by atoms with van der Waals surface area (Å²) >= 11 is 0. The molecule has 4 rings (SSSR count). The van der Waals surface area contributed by atoms with Crippen molar-refractivity contribution in [2.75, 3.05) is 37.7 Å². The predicted molar refractivity (Wildman–Crippen MR) is 117 cm³/mol. The fraction of sp³-hybridized carbons (Fsp3) is 0.240. The number of carbonyl (C=O) groups excluding carboxylic acids is 1. The van der Waals surface area contributed by atoms with Crippen LogP contribution in [0.3, 0.4) is 0 Å². The smallest absolute Gasteiger partial charge is 0.253 e. The van der Waals surface area contributed by atoms with Crippen LogP contribution in [0.2, 0.25) is 0 Å². The molecule has 0 spiro atoms. The van der Waals surface area contributed by atoms with Crippen molar-refractivity contribution in [3.8, 4) is 5.75 Å². The Morgan fingerprint density at radius 1 is 0.759 bits per heavy atom. The molecule has 0 radical (unpaired) electrons. The molecule has 1 amide bonds. The van der Waals surface area contributed by atoms with Gasteiger partial charge in [-0.1, -0.05) is 48.5 Å². The third-order valence-electron chi connectivity index (χ3n) is 5.29. The topological polar surface area (TPSA) is 32.8 Å². The Hall–Kier alpha value is -3.27.